The molecule has 0 aliphatic heterocycles. The van der Waals surface area contributed by atoms with Crippen LogP contribution in [0.15, 0.2) is 0 Å². The zero-order valence-electron chi connectivity index (χ0n) is 6.69. The van der Waals surface area contributed by atoms with Crippen molar-refractivity contribution in [3.8, 4) is 0 Å². The Hall–Kier alpha value is -1.07. The largest absolute Gasteiger partial charge is 0.491 e. The molecular weight excluding hydrogens is 189 g/mol. The number of carbonyl (C=O) groups excluding carboxylic acids is 2. The minimum atomic E-state index is -5.11. The maximum absolute atomic E-state index is 11.5. The second kappa shape index (κ2) is 4.84. The lowest BCUT2D eigenvalue weighted by Crippen LogP contribution is -2.27. The van der Waals surface area contributed by atoms with Gasteiger partial charge >= 0.3 is 18.1 Å². The van der Waals surface area contributed by atoms with Crippen molar-refractivity contribution in [2.24, 2.45) is 0 Å². The summed E-state index contributed by atoms with van der Waals surface area (Å²) in [5, 5.41) is 0. The molecule has 0 saturated carbocycles. The van der Waals surface area contributed by atoms with Crippen LogP contribution in [-0.2, 0) is 14.3 Å². The molecule has 0 spiro atoms. The fourth-order valence-corrected chi connectivity index (χ4v) is 0.482. The molecule has 1 radical (unpaired) electrons. The highest BCUT2D eigenvalue weighted by Gasteiger charge is 2.42. The second-order valence-electron chi connectivity index (χ2n) is 2.22. The number of halogens is 3. The van der Waals surface area contributed by atoms with E-state index in [0.717, 1.165) is 0 Å². The number of esters is 2. The van der Waals surface area contributed by atoms with Crippen LogP contribution in [-0.4, -0.2) is 18.1 Å². The number of hydrogen-bond acceptors (Lipinski definition) is 3. The quantitative estimate of drug-likeness (QED) is 0.510. The van der Waals surface area contributed by atoms with Gasteiger partial charge in [-0.1, -0.05) is 13.3 Å². The van der Waals surface area contributed by atoms with Crippen LogP contribution in [0, 0.1) is 6.92 Å². The molecule has 0 aromatic rings. The van der Waals surface area contributed by atoms with E-state index in [4.69, 9.17) is 0 Å². The van der Waals surface area contributed by atoms with E-state index in [2.05, 4.69) is 11.7 Å². The summed E-state index contributed by atoms with van der Waals surface area (Å²) >= 11 is 0. The first-order chi connectivity index (χ1) is 5.88. The van der Waals surface area contributed by atoms with E-state index in [-0.39, 0.29) is 6.42 Å². The minimum Gasteiger partial charge on any atom is -0.386 e. The summed E-state index contributed by atoms with van der Waals surface area (Å²) < 4.78 is 38.0. The molecule has 6 heteroatoms. The number of ether oxygens (including phenoxy) is 1. The van der Waals surface area contributed by atoms with Gasteiger partial charge < -0.3 is 4.74 Å². The van der Waals surface area contributed by atoms with Crippen LogP contribution in [0.25, 0.3) is 0 Å². The van der Waals surface area contributed by atoms with E-state index in [9.17, 15) is 22.8 Å². The number of hydrogen-bond donors (Lipinski definition) is 0. The Bertz CT molecular complexity index is 198. The molecule has 0 atom stereocenters. The molecule has 0 aliphatic carbocycles. The van der Waals surface area contributed by atoms with E-state index < -0.39 is 18.1 Å². The molecular formula is C7H8F3O3. The maximum atomic E-state index is 11.5. The number of rotatable bonds is 3. The lowest BCUT2D eigenvalue weighted by Gasteiger charge is -2.04. The highest BCUT2D eigenvalue weighted by molar-refractivity contribution is 5.88. The average Bonchev–Trinajstić information content (AvgIpc) is 1.99. The third-order valence-corrected chi connectivity index (χ3v) is 1.07. The maximum Gasteiger partial charge on any atom is 0.491 e. The summed E-state index contributed by atoms with van der Waals surface area (Å²) in [6.45, 7) is 3.37. The van der Waals surface area contributed by atoms with Crippen molar-refractivity contribution in [2.75, 3.05) is 0 Å². The molecule has 3 nitrogen and oxygen atoms in total. The third kappa shape index (κ3) is 5.21. The number of carbonyl (C=O) groups is 2. The van der Waals surface area contributed by atoms with Gasteiger partial charge in [-0.2, -0.15) is 13.2 Å². The normalized spacial score (nSPS) is 11.1. The lowest BCUT2D eigenvalue weighted by molar-refractivity contribution is -0.201. The van der Waals surface area contributed by atoms with Gasteiger partial charge in [0.1, 0.15) is 0 Å². The molecule has 0 rings (SSSR count). The number of alkyl halides is 3. The standard InChI is InChI=1S/C7H8F3O3/c1-2-3-4-5(11)13-6(12)7(8,9)10/h1-4H2. The number of unbranched alkanes of at least 4 members (excludes halogenated alkanes) is 1. The molecule has 13 heavy (non-hydrogen) atoms. The topological polar surface area (TPSA) is 43.4 Å². The van der Waals surface area contributed by atoms with Crippen LogP contribution in [0.3, 0.4) is 0 Å². The molecule has 0 fully saturated rings. The van der Waals surface area contributed by atoms with Gasteiger partial charge in [0.05, 0.1) is 0 Å². The van der Waals surface area contributed by atoms with Crippen molar-refractivity contribution in [3.63, 3.8) is 0 Å². The molecule has 0 aliphatic rings. The zero-order chi connectivity index (χ0) is 10.5. The molecule has 0 amide bonds. The Kier molecular flexibility index (Phi) is 4.44. The van der Waals surface area contributed by atoms with Gasteiger partial charge in [0, 0.05) is 6.42 Å². The van der Waals surface area contributed by atoms with E-state index >= 15 is 0 Å². The second-order valence-corrected chi connectivity index (χ2v) is 2.22. The Labute approximate surface area is 72.9 Å². The highest BCUT2D eigenvalue weighted by Crippen LogP contribution is 2.16. The van der Waals surface area contributed by atoms with Crippen LogP contribution >= 0.6 is 0 Å². The van der Waals surface area contributed by atoms with E-state index in [0.29, 0.717) is 12.8 Å². The van der Waals surface area contributed by atoms with Crippen molar-refractivity contribution in [1.82, 2.24) is 0 Å². The molecule has 0 heterocycles. The van der Waals surface area contributed by atoms with Crippen molar-refractivity contribution in [3.05, 3.63) is 6.92 Å². The first-order valence-electron chi connectivity index (χ1n) is 3.49. The van der Waals surface area contributed by atoms with Gasteiger partial charge in [0.25, 0.3) is 0 Å². The van der Waals surface area contributed by atoms with Gasteiger partial charge in [0.15, 0.2) is 0 Å². The van der Waals surface area contributed by atoms with Crippen LogP contribution in [0.2, 0.25) is 0 Å². The highest BCUT2D eigenvalue weighted by atomic mass is 19.4. The van der Waals surface area contributed by atoms with Crippen molar-refractivity contribution < 1.29 is 27.5 Å². The monoisotopic (exact) mass is 197 g/mol. The first kappa shape index (κ1) is 11.9. The van der Waals surface area contributed by atoms with E-state index in [1.165, 1.54) is 0 Å². The van der Waals surface area contributed by atoms with Crippen molar-refractivity contribution in [2.45, 2.75) is 25.4 Å². The summed E-state index contributed by atoms with van der Waals surface area (Å²) in [5.74, 6) is -3.65. The van der Waals surface area contributed by atoms with E-state index in [1.807, 2.05) is 0 Å². The van der Waals surface area contributed by atoms with Gasteiger partial charge in [-0.15, -0.1) is 0 Å². The Morgan fingerprint density at radius 3 is 2.23 bits per heavy atom. The SMILES string of the molecule is [CH2]CCCC(=O)OC(=O)C(F)(F)F. The van der Waals surface area contributed by atoms with Gasteiger partial charge in [-0.3, -0.25) is 4.79 Å². The van der Waals surface area contributed by atoms with Crippen LogP contribution in [0.1, 0.15) is 19.3 Å². The zero-order valence-corrected chi connectivity index (χ0v) is 6.69. The van der Waals surface area contributed by atoms with Gasteiger partial charge in [-0.05, 0) is 6.42 Å². The summed E-state index contributed by atoms with van der Waals surface area (Å²) in [5.41, 5.74) is 0. The van der Waals surface area contributed by atoms with E-state index in [1.54, 1.807) is 0 Å². The van der Waals surface area contributed by atoms with Gasteiger partial charge in [0.2, 0.25) is 0 Å². The fourth-order valence-electron chi connectivity index (χ4n) is 0.482. The Morgan fingerprint density at radius 2 is 1.85 bits per heavy atom. The summed E-state index contributed by atoms with van der Waals surface area (Å²) in [4.78, 5) is 20.5. The minimum absolute atomic E-state index is 0.231. The summed E-state index contributed by atoms with van der Waals surface area (Å²) in [6, 6.07) is 0. The predicted molar refractivity (Wildman–Crippen MR) is 36.4 cm³/mol. The summed E-state index contributed by atoms with van der Waals surface area (Å²) in [6.07, 6.45) is -4.65. The van der Waals surface area contributed by atoms with Crippen LogP contribution in [0.5, 0.6) is 0 Å². The predicted octanol–water partition coefficient (Wildman–Crippen LogP) is 1.62. The molecule has 0 bridgehead atoms. The Morgan fingerprint density at radius 1 is 1.31 bits per heavy atom. The fraction of sp³-hybridized carbons (Fsp3) is 0.571. The molecule has 0 saturated heterocycles. The Balaban J connectivity index is 3.86. The van der Waals surface area contributed by atoms with Crippen molar-refractivity contribution >= 4 is 11.9 Å². The average molecular weight is 197 g/mol. The smallest absolute Gasteiger partial charge is 0.386 e. The van der Waals surface area contributed by atoms with Crippen LogP contribution in [0.4, 0.5) is 13.2 Å². The molecule has 0 aromatic carbocycles. The van der Waals surface area contributed by atoms with Gasteiger partial charge in [-0.25, -0.2) is 4.79 Å². The lowest BCUT2D eigenvalue weighted by atomic mass is 10.2. The van der Waals surface area contributed by atoms with Crippen LogP contribution < -0.4 is 0 Å². The molecule has 75 valence electrons. The summed E-state index contributed by atoms with van der Waals surface area (Å²) in [7, 11) is 0. The third-order valence-electron chi connectivity index (χ3n) is 1.07. The van der Waals surface area contributed by atoms with Crippen molar-refractivity contribution in [1.29, 1.82) is 0 Å². The molecule has 0 aromatic heterocycles. The first-order valence-corrected chi connectivity index (χ1v) is 3.49. The molecule has 0 unspecified atom stereocenters. The molecule has 0 N–H and O–H groups in total.